The summed E-state index contributed by atoms with van der Waals surface area (Å²) in [4.78, 5) is 4.08. The van der Waals surface area contributed by atoms with Crippen LogP contribution in [-0.2, 0) is 0 Å². The second kappa shape index (κ2) is 3.75. The van der Waals surface area contributed by atoms with E-state index in [0.717, 1.165) is 5.39 Å². The van der Waals surface area contributed by atoms with Crippen molar-refractivity contribution in [2.45, 2.75) is 6.92 Å². The average molecular weight is 269 g/mol. The Hall–Kier alpha value is -1.52. The number of hydrogen-bond acceptors (Lipinski definition) is 4. The first-order valence-electron chi connectivity index (χ1n) is 4.83. The van der Waals surface area contributed by atoms with E-state index in [9.17, 15) is 0 Å². The van der Waals surface area contributed by atoms with Crippen molar-refractivity contribution < 1.29 is 8.94 Å². The van der Waals surface area contributed by atoms with E-state index in [1.54, 1.807) is 25.1 Å². The Kier molecular flexibility index (Phi) is 2.34. The largest absolute Gasteiger partial charge is 0.449 e. The molecular weight excluding hydrogens is 263 g/mol. The Labute approximate surface area is 106 Å². The number of benzene rings is 1. The Morgan fingerprint density at radius 2 is 1.94 bits per heavy atom. The van der Waals surface area contributed by atoms with Crippen LogP contribution in [0.4, 0.5) is 0 Å². The van der Waals surface area contributed by atoms with Gasteiger partial charge in [-0.2, -0.15) is 4.98 Å². The molecule has 17 heavy (non-hydrogen) atoms. The average Bonchev–Trinajstić information content (AvgIpc) is 2.90. The minimum Gasteiger partial charge on any atom is -0.449 e. The summed E-state index contributed by atoms with van der Waals surface area (Å²) in [5.41, 5.74) is 0.519. The number of hydrogen-bond donors (Lipinski definition) is 0. The van der Waals surface area contributed by atoms with Gasteiger partial charge in [-0.3, -0.25) is 0 Å². The third-order valence-corrected chi connectivity index (χ3v) is 2.95. The molecule has 0 spiro atoms. The van der Waals surface area contributed by atoms with Crippen LogP contribution in [0.2, 0.25) is 10.0 Å². The maximum atomic E-state index is 6.05. The molecular formula is C11H6Cl2N2O2. The normalized spacial score (nSPS) is 11.2. The van der Waals surface area contributed by atoms with E-state index in [1.807, 2.05) is 0 Å². The van der Waals surface area contributed by atoms with Gasteiger partial charge in [0.15, 0.2) is 17.2 Å². The van der Waals surface area contributed by atoms with Crippen LogP contribution in [0.25, 0.3) is 22.6 Å². The summed E-state index contributed by atoms with van der Waals surface area (Å²) in [7, 11) is 0. The summed E-state index contributed by atoms with van der Waals surface area (Å²) < 4.78 is 10.6. The number of fused-ring (bicyclic) bond motifs is 1. The molecule has 0 amide bonds. The van der Waals surface area contributed by atoms with Crippen molar-refractivity contribution in [1.29, 1.82) is 0 Å². The van der Waals surface area contributed by atoms with Crippen LogP contribution in [0.1, 0.15) is 5.82 Å². The Balaban J connectivity index is 2.26. The molecule has 2 aromatic heterocycles. The molecule has 0 aliphatic heterocycles. The van der Waals surface area contributed by atoms with Gasteiger partial charge >= 0.3 is 0 Å². The van der Waals surface area contributed by atoms with Gasteiger partial charge < -0.3 is 8.94 Å². The number of aryl methyl sites for hydroxylation is 1. The van der Waals surface area contributed by atoms with Gasteiger partial charge in [0.05, 0.1) is 10.0 Å². The number of nitrogens with zero attached hydrogens (tertiary/aromatic N) is 2. The van der Waals surface area contributed by atoms with E-state index in [0.29, 0.717) is 33.1 Å². The van der Waals surface area contributed by atoms with Gasteiger partial charge in [-0.05, 0) is 25.1 Å². The summed E-state index contributed by atoms with van der Waals surface area (Å²) in [6.07, 6.45) is 0. The summed E-state index contributed by atoms with van der Waals surface area (Å²) in [6, 6.07) is 5.12. The molecule has 2 heterocycles. The van der Waals surface area contributed by atoms with E-state index in [-0.39, 0.29) is 0 Å². The van der Waals surface area contributed by atoms with Crippen LogP contribution in [0.3, 0.4) is 0 Å². The lowest BCUT2D eigenvalue weighted by Crippen LogP contribution is -1.73. The second-order valence-corrected chi connectivity index (χ2v) is 4.34. The van der Waals surface area contributed by atoms with Crippen molar-refractivity contribution in [3.05, 3.63) is 34.1 Å². The highest BCUT2D eigenvalue weighted by molar-refractivity contribution is 6.39. The van der Waals surface area contributed by atoms with Crippen LogP contribution in [0.15, 0.2) is 27.1 Å². The molecule has 0 atom stereocenters. The summed E-state index contributed by atoms with van der Waals surface area (Å²) in [6.45, 7) is 1.73. The van der Waals surface area contributed by atoms with Crippen molar-refractivity contribution in [1.82, 2.24) is 10.1 Å². The highest BCUT2D eigenvalue weighted by Gasteiger charge is 2.15. The van der Waals surface area contributed by atoms with Crippen LogP contribution in [-0.4, -0.2) is 10.1 Å². The van der Waals surface area contributed by atoms with E-state index in [4.69, 9.17) is 32.1 Å². The van der Waals surface area contributed by atoms with E-state index in [1.165, 1.54) is 0 Å². The standard InChI is InChI=1S/C11H6Cl2N2O2/c1-5-14-11(17-15-5)9-4-6-7(12)2-3-8(13)10(6)16-9/h2-4H,1H3. The Morgan fingerprint density at radius 1 is 1.18 bits per heavy atom. The van der Waals surface area contributed by atoms with Gasteiger partial charge in [0.2, 0.25) is 0 Å². The first-order valence-corrected chi connectivity index (χ1v) is 5.59. The molecule has 4 nitrogen and oxygen atoms in total. The molecule has 6 heteroatoms. The summed E-state index contributed by atoms with van der Waals surface area (Å²) in [5, 5.41) is 5.48. The van der Waals surface area contributed by atoms with Crippen LogP contribution in [0.5, 0.6) is 0 Å². The SMILES string of the molecule is Cc1noc(-c2cc3c(Cl)ccc(Cl)c3o2)n1. The Bertz CT molecular complexity index is 664. The Morgan fingerprint density at radius 3 is 2.59 bits per heavy atom. The lowest BCUT2D eigenvalue weighted by atomic mass is 10.2. The van der Waals surface area contributed by atoms with Crippen molar-refractivity contribution in [3.63, 3.8) is 0 Å². The fourth-order valence-electron chi connectivity index (χ4n) is 1.56. The highest BCUT2D eigenvalue weighted by atomic mass is 35.5. The van der Waals surface area contributed by atoms with Gasteiger partial charge in [-0.1, -0.05) is 28.4 Å². The fourth-order valence-corrected chi connectivity index (χ4v) is 1.97. The zero-order chi connectivity index (χ0) is 12.0. The van der Waals surface area contributed by atoms with Crippen molar-refractivity contribution >= 4 is 34.2 Å². The maximum absolute atomic E-state index is 6.05. The number of aromatic nitrogens is 2. The van der Waals surface area contributed by atoms with Crippen LogP contribution >= 0.6 is 23.2 Å². The van der Waals surface area contributed by atoms with Gasteiger partial charge in [-0.25, -0.2) is 0 Å². The molecule has 3 aromatic rings. The predicted molar refractivity (Wildman–Crippen MR) is 64.3 cm³/mol. The van der Waals surface area contributed by atoms with E-state index < -0.39 is 0 Å². The van der Waals surface area contributed by atoms with Crippen molar-refractivity contribution in [2.75, 3.05) is 0 Å². The van der Waals surface area contributed by atoms with Crippen LogP contribution < -0.4 is 0 Å². The quantitative estimate of drug-likeness (QED) is 0.667. The third kappa shape index (κ3) is 1.69. The molecule has 0 fully saturated rings. The number of rotatable bonds is 1. The summed E-state index contributed by atoms with van der Waals surface area (Å²) in [5.74, 6) is 1.30. The molecule has 0 aliphatic rings. The zero-order valence-corrected chi connectivity index (χ0v) is 10.2. The molecule has 0 bridgehead atoms. The minimum absolute atomic E-state index is 0.311. The second-order valence-electron chi connectivity index (χ2n) is 3.53. The lowest BCUT2D eigenvalue weighted by molar-refractivity contribution is 0.414. The molecule has 0 saturated heterocycles. The molecule has 0 aliphatic carbocycles. The van der Waals surface area contributed by atoms with Gasteiger partial charge in [-0.15, -0.1) is 0 Å². The molecule has 3 rings (SSSR count). The first-order chi connectivity index (χ1) is 8.15. The maximum Gasteiger partial charge on any atom is 0.293 e. The van der Waals surface area contributed by atoms with Gasteiger partial charge in [0, 0.05) is 5.39 Å². The van der Waals surface area contributed by atoms with Crippen molar-refractivity contribution in [3.8, 4) is 11.7 Å². The summed E-state index contributed by atoms with van der Waals surface area (Å²) >= 11 is 12.1. The molecule has 0 unspecified atom stereocenters. The smallest absolute Gasteiger partial charge is 0.293 e. The monoisotopic (exact) mass is 268 g/mol. The van der Waals surface area contributed by atoms with Gasteiger partial charge in [0.1, 0.15) is 0 Å². The third-order valence-electron chi connectivity index (χ3n) is 2.32. The van der Waals surface area contributed by atoms with Crippen LogP contribution in [0, 0.1) is 6.92 Å². The lowest BCUT2D eigenvalue weighted by Gasteiger charge is -1.93. The molecule has 0 N–H and O–H groups in total. The predicted octanol–water partition coefficient (Wildman–Crippen LogP) is 4.10. The zero-order valence-electron chi connectivity index (χ0n) is 8.70. The molecule has 0 saturated carbocycles. The van der Waals surface area contributed by atoms with E-state index in [2.05, 4.69) is 10.1 Å². The topological polar surface area (TPSA) is 52.1 Å². The molecule has 1 aromatic carbocycles. The number of furan rings is 1. The number of halogens is 2. The molecule has 0 radical (unpaired) electrons. The molecule has 86 valence electrons. The van der Waals surface area contributed by atoms with E-state index >= 15 is 0 Å². The van der Waals surface area contributed by atoms with Gasteiger partial charge in [0.25, 0.3) is 5.89 Å². The minimum atomic E-state index is 0.311. The highest BCUT2D eigenvalue weighted by Crippen LogP contribution is 2.35. The first kappa shape index (κ1) is 10.6. The fraction of sp³-hybridized carbons (Fsp3) is 0.0909. The van der Waals surface area contributed by atoms with Crippen molar-refractivity contribution in [2.24, 2.45) is 0 Å².